The first-order chi connectivity index (χ1) is 4.15. The molecule has 0 aliphatic heterocycles. The maximum atomic E-state index is 10.00. The van der Waals surface area contributed by atoms with Crippen molar-refractivity contribution in [1.82, 2.24) is 0 Å². The summed E-state index contributed by atoms with van der Waals surface area (Å²) in [6, 6.07) is 0. The molecule has 7 nitrogen and oxygen atoms in total. The summed E-state index contributed by atoms with van der Waals surface area (Å²) < 4.78 is 64.5. The van der Waals surface area contributed by atoms with Gasteiger partial charge in [-0.2, -0.15) is 16.8 Å². The van der Waals surface area contributed by atoms with Crippen LogP contribution in [0.3, 0.4) is 0 Å². The molecule has 0 heterocycles. The summed E-state index contributed by atoms with van der Waals surface area (Å²) in [5, 5.41) is 0. The Kier molecular flexibility index (Phi) is 2.60. The summed E-state index contributed by atoms with van der Waals surface area (Å²) in [5.41, 5.74) is 0. The van der Waals surface area contributed by atoms with E-state index < -0.39 is 25.7 Å². The highest BCUT2D eigenvalue weighted by molar-refractivity contribution is 8.75. The van der Waals surface area contributed by atoms with Gasteiger partial charge in [0.05, 0.1) is 0 Å². The van der Waals surface area contributed by atoms with E-state index in [2.05, 4.69) is 0 Å². The average Bonchev–Trinajstić information content (AvgIpc) is 1.59. The molecule has 0 radical (unpaired) electrons. The Labute approximate surface area is 56.8 Å². The van der Waals surface area contributed by atoms with Gasteiger partial charge in [0.25, 0.3) is 0 Å². The highest BCUT2D eigenvalue weighted by atomic mass is 33.1. The van der Waals surface area contributed by atoms with Gasteiger partial charge in [-0.25, -0.2) is 0 Å². The van der Waals surface area contributed by atoms with E-state index >= 15 is 0 Å². The van der Waals surface area contributed by atoms with Crippen LogP contribution in [0.4, 0.5) is 0 Å². The Bertz CT molecular complexity index is 294. The van der Waals surface area contributed by atoms with Gasteiger partial charge < -0.3 is 0 Å². The molecule has 2 N–H and O–H groups in total. The van der Waals surface area contributed by atoms with Crippen LogP contribution in [-0.2, 0) is 24.0 Å². The van der Waals surface area contributed by atoms with Crippen molar-refractivity contribution < 1.29 is 30.5 Å². The molecular weight excluding hydrogens is 207 g/mol. The van der Waals surface area contributed by atoms with Gasteiger partial charge in [-0.1, -0.05) is 0 Å². The largest absolute Gasteiger partial charge is 0.347 e. The molecule has 0 aliphatic carbocycles. The fraction of sp³-hybridized carbons (Fsp3) is 0. The summed E-state index contributed by atoms with van der Waals surface area (Å²) in [5.74, 6) is 0. The number of hydrogen-bond acceptors (Lipinski definition) is 5. The maximum absolute atomic E-state index is 10.00. The normalized spacial score (nSPS) is 13.9. The highest BCUT2D eigenvalue weighted by Gasteiger charge is 2.28. The van der Waals surface area contributed by atoms with Crippen molar-refractivity contribution in [3.8, 4) is 0 Å². The Balaban J connectivity index is 5.16. The molecule has 0 amide bonds. The van der Waals surface area contributed by atoms with E-state index in [1.165, 1.54) is 0 Å². The standard InChI is InChI=1S/H3O7PS2/c1-8(9(2,3)4)10(5,6)7/h8H,(H,2,3,4)(H,5,6,7). The highest BCUT2D eigenvalue weighted by Crippen LogP contribution is 2.34. The van der Waals surface area contributed by atoms with Gasteiger partial charge in [0.15, 0.2) is 0 Å². The first kappa shape index (κ1) is 10.0. The van der Waals surface area contributed by atoms with Crippen LogP contribution < -0.4 is 0 Å². The molecule has 0 aromatic heterocycles. The van der Waals surface area contributed by atoms with Gasteiger partial charge in [-0.05, 0) is 0 Å². The quantitative estimate of drug-likeness (QED) is 0.449. The lowest BCUT2D eigenvalue weighted by atomic mass is 15.9. The molecule has 62 valence electrons. The van der Waals surface area contributed by atoms with Crippen LogP contribution in [0.15, 0.2) is 0 Å². The van der Waals surface area contributed by atoms with Crippen molar-refractivity contribution in [2.75, 3.05) is 0 Å². The van der Waals surface area contributed by atoms with E-state index in [0.717, 1.165) is 0 Å². The fourth-order valence-corrected chi connectivity index (χ4v) is 3.59. The summed E-state index contributed by atoms with van der Waals surface area (Å²) in [6.45, 7) is 0. The molecule has 0 saturated carbocycles. The van der Waals surface area contributed by atoms with Crippen molar-refractivity contribution in [2.24, 2.45) is 0 Å². The van der Waals surface area contributed by atoms with E-state index in [-0.39, 0.29) is 0 Å². The van der Waals surface area contributed by atoms with Gasteiger partial charge in [0.2, 0.25) is 0 Å². The number of rotatable bonds is 2. The van der Waals surface area contributed by atoms with Gasteiger partial charge in [-0.3, -0.25) is 13.7 Å². The zero-order valence-electron chi connectivity index (χ0n) is 4.25. The van der Waals surface area contributed by atoms with E-state index in [9.17, 15) is 21.4 Å². The topological polar surface area (TPSA) is 126 Å². The van der Waals surface area contributed by atoms with Gasteiger partial charge in [0.1, 0.15) is 0 Å². The monoisotopic (exact) mass is 210 g/mol. The van der Waals surface area contributed by atoms with Gasteiger partial charge in [0, 0.05) is 0 Å². The van der Waals surface area contributed by atoms with E-state index in [1.54, 1.807) is 0 Å². The lowest BCUT2D eigenvalue weighted by Gasteiger charge is -1.90. The van der Waals surface area contributed by atoms with Crippen LogP contribution in [-0.4, -0.2) is 25.9 Å². The lowest BCUT2D eigenvalue weighted by Crippen LogP contribution is -1.98. The molecule has 0 atom stereocenters. The summed E-state index contributed by atoms with van der Waals surface area (Å²) in [4.78, 5) is 0. The molecule has 0 aromatic carbocycles. The zero-order valence-corrected chi connectivity index (χ0v) is 6.89. The molecule has 0 unspecified atom stereocenters. The smallest absolute Gasteiger partial charge is 0.288 e. The second-order valence-electron chi connectivity index (χ2n) is 1.20. The van der Waals surface area contributed by atoms with Crippen molar-refractivity contribution in [3.63, 3.8) is 0 Å². The Hall–Kier alpha value is 0.0500. The molecule has 10 heavy (non-hydrogen) atoms. The molecular formula is H3O7PS2. The van der Waals surface area contributed by atoms with Crippen LogP contribution in [0, 0.1) is 0 Å². The predicted molar refractivity (Wildman–Crippen MR) is 32.1 cm³/mol. The first-order valence-corrected chi connectivity index (χ1v) is 7.38. The Morgan fingerprint density at radius 2 is 1.10 bits per heavy atom. The van der Waals surface area contributed by atoms with Crippen LogP contribution in [0.1, 0.15) is 0 Å². The van der Waals surface area contributed by atoms with Crippen molar-refractivity contribution in [2.45, 2.75) is 0 Å². The Morgan fingerprint density at radius 3 is 1.10 bits per heavy atom. The minimum atomic E-state index is -5.15. The molecule has 0 fully saturated rings. The molecule has 0 rings (SSSR count). The predicted octanol–water partition coefficient (Wildman–Crippen LogP) is -0.848. The van der Waals surface area contributed by atoms with Gasteiger partial charge >= 0.3 is 25.7 Å². The Morgan fingerprint density at radius 1 is 0.900 bits per heavy atom. The minimum absolute atomic E-state index is 4.42. The third kappa shape index (κ3) is 2.76. The maximum Gasteiger partial charge on any atom is 0.347 e. The van der Waals surface area contributed by atoms with Crippen molar-refractivity contribution in [1.29, 1.82) is 0 Å². The van der Waals surface area contributed by atoms with E-state index in [4.69, 9.17) is 9.11 Å². The number of hydrogen-bond donors (Lipinski definition) is 2. The van der Waals surface area contributed by atoms with Crippen LogP contribution in [0.2, 0.25) is 0 Å². The van der Waals surface area contributed by atoms with E-state index in [0.29, 0.717) is 0 Å². The second kappa shape index (κ2) is 2.59. The van der Waals surface area contributed by atoms with Crippen molar-refractivity contribution in [3.05, 3.63) is 0 Å². The molecule has 10 heteroatoms. The average molecular weight is 210 g/mol. The molecule has 0 bridgehead atoms. The van der Waals surface area contributed by atoms with Gasteiger partial charge in [-0.15, -0.1) is 0 Å². The summed E-state index contributed by atoms with van der Waals surface area (Å²) in [6.07, 6.45) is -4.42. The van der Waals surface area contributed by atoms with Crippen LogP contribution in [0.25, 0.3) is 0 Å². The first-order valence-electron chi connectivity index (χ1n) is 1.64. The molecule has 0 spiro atoms. The molecule has 0 aliphatic rings. The third-order valence-electron chi connectivity index (χ3n) is 0.421. The van der Waals surface area contributed by atoms with Crippen LogP contribution >= 0.6 is 6.20 Å². The lowest BCUT2D eigenvalue weighted by molar-refractivity contribution is 0.488. The summed E-state index contributed by atoms with van der Waals surface area (Å²) >= 11 is 0. The van der Waals surface area contributed by atoms with Crippen LogP contribution in [0.5, 0.6) is 0 Å². The van der Waals surface area contributed by atoms with Crippen molar-refractivity contribution >= 4 is 25.7 Å². The second-order valence-corrected chi connectivity index (χ2v) is 9.70. The van der Waals surface area contributed by atoms with E-state index in [1.807, 2.05) is 0 Å². The zero-order chi connectivity index (χ0) is 8.58. The SMILES string of the molecule is O=[PH](S(=O)(=O)O)S(=O)(=O)O. The fourth-order valence-electron chi connectivity index (χ4n) is 0.133. The molecule has 0 aromatic rings. The molecule has 0 saturated heterocycles. The third-order valence-corrected chi connectivity index (χ3v) is 7.58. The minimum Gasteiger partial charge on any atom is -0.288 e. The summed E-state index contributed by atoms with van der Waals surface area (Å²) in [7, 11) is -10.3.